The van der Waals surface area contributed by atoms with Crippen LogP contribution in [0.15, 0.2) is 68.9 Å². The minimum Gasteiger partial charge on any atom is -0.461 e. The molecule has 0 amide bonds. The second-order valence-electron chi connectivity index (χ2n) is 6.64. The lowest BCUT2D eigenvalue weighted by atomic mass is 10.2. The summed E-state index contributed by atoms with van der Waals surface area (Å²) in [5.41, 5.74) is 2.11. The first-order valence-electron chi connectivity index (χ1n) is 8.96. The minimum absolute atomic E-state index is 0.549. The highest BCUT2D eigenvalue weighted by molar-refractivity contribution is 7.98. The third-order valence-corrected chi connectivity index (χ3v) is 5.54. The van der Waals surface area contributed by atoms with Gasteiger partial charge in [0.2, 0.25) is 5.76 Å². The summed E-state index contributed by atoms with van der Waals surface area (Å²) in [6, 6.07) is 16.0. The number of thioether (sulfide) groups is 1. The molecule has 0 radical (unpaired) electrons. The number of benzene rings is 1. The molecule has 3 heterocycles. The first kappa shape index (κ1) is 16.4. The fraction of sp³-hybridized carbons (Fsp3) is 0.250. The van der Waals surface area contributed by atoms with Gasteiger partial charge in [-0.3, -0.25) is 0 Å². The summed E-state index contributed by atoms with van der Waals surface area (Å²) in [7, 11) is 0. The molecule has 1 fully saturated rings. The van der Waals surface area contributed by atoms with Crippen molar-refractivity contribution in [2.45, 2.75) is 36.2 Å². The van der Waals surface area contributed by atoms with Gasteiger partial charge >= 0.3 is 0 Å². The fourth-order valence-corrected chi connectivity index (χ4v) is 3.84. The molecule has 6 nitrogen and oxygen atoms in total. The van der Waals surface area contributed by atoms with E-state index in [0.717, 1.165) is 23.2 Å². The molecule has 1 aromatic carbocycles. The summed E-state index contributed by atoms with van der Waals surface area (Å²) >= 11 is 1.63. The van der Waals surface area contributed by atoms with E-state index in [2.05, 4.69) is 44.2 Å². The molecule has 3 aromatic heterocycles. The first-order chi connectivity index (χ1) is 13.4. The van der Waals surface area contributed by atoms with E-state index in [-0.39, 0.29) is 0 Å². The molecule has 4 aromatic rings. The zero-order valence-electron chi connectivity index (χ0n) is 14.6. The van der Waals surface area contributed by atoms with E-state index in [0.29, 0.717) is 23.2 Å². The Morgan fingerprint density at radius 2 is 1.93 bits per heavy atom. The minimum atomic E-state index is 0.549. The molecule has 1 saturated carbocycles. The van der Waals surface area contributed by atoms with Crippen LogP contribution < -0.4 is 0 Å². The Kier molecular flexibility index (Phi) is 4.29. The maximum atomic E-state index is 5.38. The van der Waals surface area contributed by atoms with Gasteiger partial charge in [0.25, 0.3) is 0 Å². The quantitative estimate of drug-likeness (QED) is 0.433. The number of hydrogen-bond acceptors (Lipinski definition) is 6. The van der Waals surface area contributed by atoms with Crippen molar-refractivity contribution >= 4 is 11.8 Å². The Bertz CT molecular complexity index is 1020. The molecule has 1 aliphatic carbocycles. The van der Waals surface area contributed by atoms with E-state index in [9.17, 15) is 0 Å². The third kappa shape index (κ3) is 3.55. The summed E-state index contributed by atoms with van der Waals surface area (Å²) < 4.78 is 13.0. The highest BCUT2D eigenvalue weighted by Crippen LogP contribution is 2.40. The van der Waals surface area contributed by atoms with Crippen molar-refractivity contribution in [1.82, 2.24) is 19.9 Å². The number of hydrogen-bond donors (Lipinski definition) is 0. The summed E-state index contributed by atoms with van der Waals surface area (Å²) in [5.74, 6) is 3.63. The molecule has 0 aliphatic heterocycles. The summed E-state index contributed by atoms with van der Waals surface area (Å²) in [4.78, 5) is 0. The molecule has 136 valence electrons. The molecule has 0 bridgehead atoms. The van der Waals surface area contributed by atoms with Gasteiger partial charge in [-0.05, 0) is 30.5 Å². The fourth-order valence-electron chi connectivity index (χ4n) is 3.02. The average Bonchev–Trinajstić information content (AvgIpc) is 3.11. The molecule has 0 saturated heterocycles. The molecule has 1 aliphatic rings. The van der Waals surface area contributed by atoms with Gasteiger partial charge in [0, 0.05) is 17.7 Å². The van der Waals surface area contributed by atoms with Crippen molar-refractivity contribution in [3.05, 3.63) is 71.9 Å². The Labute approximate surface area is 160 Å². The van der Waals surface area contributed by atoms with Crippen LogP contribution >= 0.6 is 11.8 Å². The SMILES string of the molecule is c1ccc(Cn2c(SCc3cc(-c4ccco4)on3)nnc2C2CC2)cc1. The lowest BCUT2D eigenvalue weighted by Crippen LogP contribution is -2.06. The van der Waals surface area contributed by atoms with Gasteiger partial charge in [-0.15, -0.1) is 10.2 Å². The van der Waals surface area contributed by atoms with E-state index in [1.165, 1.54) is 18.4 Å². The molecule has 5 rings (SSSR count). The molecular weight excluding hydrogens is 360 g/mol. The van der Waals surface area contributed by atoms with Gasteiger partial charge in [0.15, 0.2) is 10.9 Å². The van der Waals surface area contributed by atoms with E-state index in [1.54, 1.807) is 18.0 Å². The zero-order valence-corrected chi connectivity index (χ0v) is 15.4. The lowest BCUT2D eigenvalue weighted by Gasteiger charge is -2.09. The summed E-state index contributed by atoms with van der Waals surface area (Å²) in [6.07, 6.45) is 4.03. The molecule has 0 unspecified atom stereocenters. The smallest absolute Gasteiger partial charge is 0.202 e. The van der Waals surface area contributed by atoms with Gasteiger partial charge in [0.1, 0.15) is 5.82 Å². The van der Waals surface area contributed by atoms with Crippen LogP contribution in [0, 0.1) is 0 Å². The van der Waals surface area contributed by atoms with E-state index in [4.69, 9.17) is 8.94 Å². The van der Waals surface area contributed by atoms with Crippen molar-refractivity contribution in [3.8, 4) is 11.5 Å². The normalized spacial score (nSPS) is 13.9. The van der Waals surface area contributed by atoms with Crippen LogP contribution in [0.5, 0.6) is 0 Å². The topological polar surface area (TPSA) is 69.9 Å². The highest BCUT2D eigenvalue weighted by atomic mass is 32.2. The zero-order chi connectivity index (χ0) is 18.1. The van der Waals surface area contributed by atoms with Gasteiger partial charge in [-0.1, -0.05) is 47.3 Å². The Hall–Kier alpha value is -2.80. The molecule has 7 heteroatoms. The van der Waals surface area contributed by atoms with Crippen LogP contribution in [0.3, 0.4) is 0 Å². The number of nitrogens with zero attached hydrogens (tertiary/aromatic N) is 4. The lowest BCUT2D eigenvalue weighted by molar-refractivity contribution is 0.413. The van der Waals surface area contributed by atoms with Crippen molar-refractivity contribution in [1.29, 1.82) is 0 Å². The first-order valence-corrected chi connectivity index (χ1v) is 9.94. The van der Waals surface area contributed by atoms with Crippen LogP contribution in [0.4, 0.5) is 0 Å². The van der Waals surface area contributed by atoms with E-state index < -0.39 is 0 Å². The summed E-state index contributed by atoms with van der Waals surface area (Å²) in [5, 5.41) is 14.0. The average molecular weight is 378 g/mol. The van der Waals surface area contributed by atoms with E-state index in [1.807, 2.05) is 24.3 Å². The maximum Gasteiger partial charge on any atom is 0.202 e. The van der Waals surface area contributed by atoms with Crippen molar-refractivity contribution in [3.63, 3.8) is 0 Å². The molecule has 0 N–H and O–H groups in total. The monoisotopic (exact) mass is 378 g/mol. The van der Waals surface area contributed by atoms with Gasteiger partial charge in [-0.2, -0.15) is 0 Å². The van der Waals surface area contributed by atoms with Crippen LogP contribution in [0.25, 0.3) is 11.5 Å². The maximum absolute atomic E-state index is 5.38. The summed E-state index contributed by atoms with van der Waals surface area (Å²) in [6.45, 7) is 0.790. The van der Waals surface area contributed by atoms with Crippen LogP contribution in [-0.4, -0.2) is 19.9 Å². The Balaban J connectivity index is 1.34. The Morgan fingerprint density at radius 3 is 2.70 bits per heavy atom. The molecule has 0 spiro atoms. The highest BCUT2D eigenvalue weighted by Gasteiger charge is 2.30. The van der Waals surface area contributed by atoms with E-state index >= 15 is 0 Å². The Morgan fingerprint density at radius 1 is 1.04 bits per heavy atom. The number of aromatic nitrogens is 4. The third-order valence-electron chi connectivity index (χ3n) is 4.54. The van der Waals surface area contributed by atoms with Gasteiger partial charge in [0.05, 0.1) is 18.5 Å². The van der Waals surface area contributed by atoms with Crippen molar-refractivity contribution in [2.24, 2.45) is 0 Å². The second kappa shape index (κ2) is 7.08. The second-order valence-corrected chi connectivity index (χ2v) is 7.58. The number of furan rings is 1. The van der Waals surface area contributed by atoms with Crippen molar-refractivity contribution in [2.75, 3.05) is 0 Å². The van der Waals surface area contributed by atoms with Crippen LogP contribution in [0.2, 0.25) is 0 Å². The predicted molar refractivity (Wildman–Crippen MR) is 101 cm³/mol. The predicted octanol–water partition coefficient (Wildman–Crippen LogP) is 4.74. The van der Waals surface area contributed by atoms with Crippen LogP contribution in [-0.2, 0) is 12.3 Å². The largest absolute Gasteiger partial charge is 0.461 e. The van der Waals surface area contributed by atoms with Gasteiger partial charge < -0.3 is 13.5 Å². The molecule has 27 heavy (non-hydrogen) atoms. The van der Waals surface area contributed by atoms with Crippen LogP contribution in [0.1, 0.15) is 35.8 Å². The molecule has 0 atom stereocenters. The molecular formula is C20H18N4O2S. The number of rotatable bonds is 7. The standard InChI is InChI=1S/C20H18N4O2S/c1-2-5-14(6-3-1)12-24-19(15-8-9-15)21-22-20(24)27-13-16-11-18(26-23-16)17-7-4-10-25-17/h1-7,10-11,15H,8-9,12-13H2. The van der Waals surface area contributed by atoms with Gasteiger partial charge in [-0.25, -0.2) is 0 Å². The van der Waals surface area contributed by atoms with Crippen molar-refractivity contribution < 1.29 is 8.94 Å².